The fourth-order valence-corrected chi connectivity index (χ4v) is 2.14. The Hall–Kier alpha value is -1.57. The molecular formula is C14H16IN3O2. The number of hydrogen-bond acceptors (Lipinski definition) is 5. The predicted octanol–water partition coefficient (Wildman–Crippen LogP) is 3.28. The first kappa shape index (κ1) is 14.8. The summed E-state index contributed by atoms with van der Waals surface area (Å²) in [6, 6.07) is 5.07. The van der Waals surface area contributed by atoms with Crippen molar-refractivity contribution in [2.45, 2.75) is 13.3 Å². The predicted molar refractivity (Wildman–Crippen MR) is 87.2 cm³/mol. The van der Waals surface area contributed by atoms with Crippen molar-refractivity contribution in [1.82, 2.24) is 9.97 Å². The lowest BCUT2D eigenvalue weighted by Gasteiger charge is -2.09. The Bertz CT molecular complexity index is 605. The number of aromatic nitrogens is 2. The Kier molecular flexibility index (Phi) is 4.99. The molecule has 0 aliphatic carbocycles. The summed E-state index contributed by atoms with van der Waals surface area (Å²) in [5.74, 6) is 1.94. The van der Waals surface area contributed by atoms with Crippen molar-refractivity contribution in [1.29, 1.82) is 0 Å². The lowest BCUT2D eigenvalue weighted by atomic mass is 10.2. The molecule has 0 saturated heterocycles. The van der Waals surface area contributed by atoms with E-state index in [4.69, 9.17) is 4.74 Å². The van der Waals surface area contributed by atoms with Crippen LogP contribution >= 0.6 is 22.6 Å². The van der Waals surface area contributed by atoms with Gasteiger partial charge in [0.05, 0.1) is 10.7 Å². The Morgan fingerprint density at radius 2 is 2.20 bits per heavy atom. The second-order valence-corrected chi connectivity index (χ2v) is 5.37. The summed E-state index contributed by atoms with van der Waals surface area (Å²) in [4.78, 5) is 8.84. The van der Waals surface area contributed by atoms with Crippen molar-refractivity contribution in [2.75, 3.05) is 19.0 Å². The molecule has 0 amide bonds. The van der Waals surface area contributed by atoms with Crippen LogP contribution in [-0.4, -0.2) is 28.7 Å². The molecule has 0 aliphatic heterocycles. The molecule has 0 unspecified atom stereocenters. The maximum atomic E-state index is 9.62. The van der Waals surface area contributed by atoms with Gasteiger partial charge in [-0.1, -0.05) is 6.92 Å². The number of ether oxygens (including phenoxy) is 1. The number of methoxy groups -OCH3 is 1. The van der Waals surface area contributed by atoms with Gasteiger partial charge in [0.2, 0.25) is 0 Å². The zero-order chi connectivity index (χ0) is 14.5. The number of hydrogen-bond donors (Lipinski definition) is 2. The molecule has 20 heavy (non-hydrogen) atoms. The van der Waals surface area contributed by atoms with Gasteiger partial charge in [-0.2, -0.15) is 0 Å². The van der Waals surface area contributed by atoms with Crippen LogP contribution in [0.25, 0.3) is 11.4 Å². The van der Waals surface area contributed by atoms with Gasteiger partial charge in [0.1, 0.15) is 5.82 Å². The molecule has 5 nitrogen and oxygen atoms in total. The highest BCUT2D eigenvalue weighted by atomic mass is 127. The molecule has 0 fully saturated rings. The Balaban J connectivity index is 2.37. The van der Waals surface area contributed by atoms with Gasteiger partial charge in [-0.3, -0.25) is 0 Å². The van der Waals surface area contributed by atoms with E-state index in [1.807, 2.05) is 0 Å². The summed E-state index contributed by atoms with van der Waals surface area (Å²) in [6.45, 7) is 2.97. The fraction of sp³-hybridized carbons (Fsp3) is 0.286. The van der Waals surface area contributed by atoms with Crippen LogP contribution in [0.4, 0.5) is 5.82 Å². The number of halogens is 1. The number of phenols is 1. The van der Waals surface area contributed by atoms with Crippen LogP contribution in [0.15, 0.2) is 24.4 Å². The van der Waals surface area contributed by atoms with Gasteiger partial charge in [0.25, 0.3) is 0 Å². The summed E-state index contributed by atoms with van der Waals surface area (Å²) < 4.78 is 6.08. The number of nitrogens with zero attached hydrogens (tertiary/aromatic N) is 2. The molecule has 0 radical (unpaired) electrons. The third-order valence-corrected chi connectivity index (χ3v) is 3.51. The van der Waals surface area contributed by atoms with Gasteiger partial charge >= 0.3 is 0 Å². The van der Waals surface area contributed by atoms with Crippen LogP contribution in [-0.2, 0) is 0 Å². The van der Waals surface area contributed by atoms with E-state index in [0.717, 1.165) is 27.9 Å². The number of rotatable bonds is 5. The lowest BCUT2D eigenvalue weighted by molar-refractivity contribution is 0.373. The Morgan fingerprint density at radius 1 is 1.40 bits per heavy atom. The van der Waals surface area contributed by atoms with Crippen LogP contribution in [0.2, 0.25) is 0 Å². The molecule has 1 aromatic heterocycles. The molecule has 1 heterocycles. The monoisotopic (exact) mass is 385 g/mol. The highest BCUT2D eigenvalue weighted by Crippen LogP contribution is 2.30. The van der Waals surface area contributed by atoms with Crippen molar-refractivity contribution in [3.8, 4) is 22.9 Å². The standard InChI is InChI=1S/C14H16IN3O2/c1-3-6-16-14-10(15)8-17-13(18-14)9-4-5-11(19)12(7-9)20-2/h4-5,7-8,19H,3,6H2,1-2H3,(H,16,17,18). The third kappa shape index (κ3) is 3.30. The summed E-state index contributed by atoms with van der Waals surface area (Å²) in [6.07, 6.45) is 2.81. The minimum atomic E-state index is 0.103. The maximum absolute atomic E-state index is 9.62. The summed E-state index contributed by atoms with van der Waals surface area (Å²) in [5.41, 5.74) is 0.801. The molecule has 0 saturated carbocycles. The number of benzene rings is 1. The zero-order valence-corrected chi connectivity index (χ0v) is 13.5. The Labute approximate surface area is 131 Å². The first-order chi connectivity index (χ1) is 9.65. The van der Waals surface area contributed by atoms with Gasteiger partial charge in [-0.05, 0) is 47.2 Å². The van der Waals surface area contributed by atoms with Crippen LogP contribution < -0.4 is 10.1 Å². The van der Waals surface area contributed by atoms with Crippen LogP contribution in [0.1, 0.15) is 13.3 Å². The van der Waals surface area contributed by atoms with Crippen LogP contribution in [0.3, 0.4) is 0 Å². The van der Waals surface area contributed by atoms with Crippen LogP contribution in [0.5, 0.6) is 11.5 Å². The molecule has 1 aromatic carbocycles. The van der Waals surface area contributed by atoms with E-state index in [1.54, 1.807) is 24.4 Å². The molecule has 2 N–H and O–H groups in total. The SMILES string of the molecule is CCCNc1nc(-c2ccc(O)c(OC)c2)ncc1I. The molecular weight excluding hydrogens is 369 g/mol. The molecule has 0 bridgehead atoms. The van der Waals surface area contributed by atoms with Crippen molar-refractivity contribution >= 4 is 28.4 Å². The zero-order valence-electron chi connectivity index (χ0n) is 11.4. The van der Waals surface area contributed by atoms with Crippen LogP contribution in [0, 0.1) is 3.57 Å². The first-order valence-electron chi connectivity index (χ1n) is 6.29. The molecule has 0 aliphatic rings. The fourth-order valence-electron chi connectivity index (χ4n) is 1.69. The molecule has 6 heteroatoms. The van der Waals surface area contributed by atoms with E-state index in [2.05, 4.69) is 44.8 Å². The molecule has 2 rings (SSSR count). The normalized spacial score (nSPS) is 10.3. The van der Waals surface area contributed by atoms with E-state index < -0.39 is 0 Å². The van der Waals surface area contributed by atoms with Crippen molar-refractivity contribution in [3.05, 3.63) is 28.0 Å². The summed E-state index contributed by atoms with van der Waals surface area (Å²) in [5, 5.41) is 12.9. The second-order valence-electron chi connectivity index (χ2n) is 4.20. The van der Waals surface area contributed by atoms with Crippen molar-refractivity contribution < 1.29 is 9.84 Å². The quantitative estimate of drug-likeness (QED) is 0.774. The number of nitrogens with one attached hydrogen (secondary N) is 1. The number of phenolic OH excluding ortho intramolecular Hbond substituents is 1. The number of anilines is 1. The first-order valence-corrected chi connectivity index (χ1v) is 7.37. The Morgan fingerprint density at radius 3 is 2.90 bits per heavy atom. The van der Waals surface area contributed by atoms with Gasteiger partial charge < -0.3 is 15.2 Å². The van der Waals surface area contributed by atoms with Gasteiger partial charge in [-0.15, -0.1) is 0 Å². The highest BCUT2D eigenvalue weighted by molar-refractivity contribution is 14.1. The van der Waals surface area contributed by atoms with E-state index in [1.165, 1.54) is 7.11 Å². The molecule has 2 aromatic rings. The minimum absolute atomic E-state index is 0.103. The summed E-state index contributed by atoms with van der Waals surface area (Å²) in [7, 11) is 1.52. The second kappa shape index (κ2) is 6.74. The average Bonchev–Trinajstić information content (AvgIpc) is 2.47. The van der Waals surface area contributed by atoms with Gasteiger partial charge in [-0.25, -0.2) is 9.97 Å². The molecule has 0 spiro atoms. The largest absolute Gasteiger partial charge is 0.504 e. The molecule has 106 valence electrons. The number of aromatic hydroxyl groups is 1. The van der Waals surface area contributed by atoms with Gasteiger partial charge in [0.15, 0.2) is 17.3 Å². The third-order valence-electron chi connectivity index (χ3n) is 2.72. The van der Waals surface area contributed by atoms with E-state index in [9.17, 15) is 5.11 Å². The van der Waals surface area contributed by atoms with E-state index >= 15 is 0 Å². The van der Waals surface area contributed by atoms with E-state index in [0.29, 0.717) is 11.6 Å². The highest BCUT2D eigenvalue weighted by Gasteiger charge is 2.09. The minimum Gasteiger partial charge on any atom is -0.504 e. The average molecular weight is 385 g/mol. The lowest BCUT2D eigenvalue weighted by Crippen LogP contribution is -2.05. The smallest absolute Gasteiger partial charge is 0.161 e. The van der Waals surface area contributed by atoms with Crippen molar-refractivity contribution in [2.24, 2.45) is 0 Å². The summed E-state index contributed by atoms with van der Waals surface area (Å²) >= 11 is 2.20. The van der Waals surface area contributed by atoms with Gasteiger partial charge in [0, 0.05) is 18.3 Å². The van der Waals surface area contributed by atoms with Crippen molar-refractivity contribution in [3.63, 3.8) is 0 Å². The maximum Gasteiger partial charge on any atom is 0.161 e. The molecule has 0 atom stereocenters. The topological polar surface area (TPSA) is 67.3 Å². The van der Waals surface area contributed by atoms with E-state index in [-0.39, 0.29) is 5.75 Å².